The first-order valence-electron chi connectivity index (χ1n) is 4.30. The number of hydrogen-bond donors (Lipinski definition) is 1. The highest BCUT2D eigenvalue weighted by Crippen LogP contribution is 2.20. The smallest absolute Gasteiger partial charge is 0.253 e. The van der Waals surface area contributed by atoms with Gasteiger partial charge in [0.1, 0.15) is 0 Å². The van der Waals surface area contributed by atoms with E-state index in [1.165, 1.54) is 0 Å². The summed E-state index contributed by atoms with van der Waals surface area (Å²) in [5.74, 6) is 0. The lowest BCUT2D eigenvalue weighted by atomic mass is 9.98. The predicted octanol–water partition coefficient (Wildman–Crippen LogP) is 0.934. The van der Waals surface area contributed by atoms with E-state index in [9.17, 15) is 8.78 Å². The van der Waals surface area contributed by atoms with Crippen molar-refractivity contribution in [1.29, 1.82) is 0 Å². The van der Waals surface area contributed by atoms with E-state index in [2.05, 4.69) is 5.32 Å². The molecule has 1 N–H and O–H groups in total. The van der Waals surface area contributed by atoms with Crippen molar-refractivity contribution < 1.29 is 8.78 Å². The molecule has 0 aromatic rings. The monoisotopic (exact) mass is 178 g/mol. The second-order valence-electron chi connectivity index (χ2n) is 3.39. The van der Waals surface area contributed by atoms with E-state index < -0.39 is 12.5 Å². The van der Waals surface area contributed by atoms with Crippen LogP contribution in [-0.4, -0.2) is 44.0 Å². The summed E-state index contributed by atoms with van der Waals surface area (Å²) >= 11 is 0. The lowest BCUT2D eigenvalue weighted by Gasteiger charge is -2.36. The molecular weight excluding hydrogens is 162 g/mol. The van der Waals surface area contributed by atoms with Crippen LogP contribution < -0.4 is 5.32 Å². The molecule has 0 amide bonds. The molecule has 0 bridgehead atoms. The van der Waals surface area contributed by atoms with Crippen LogP contribution in [0.5, 0.6) is 0 Å². The number of halogens is 2. The minimum absolute atomic E-state index is 0.264. The van der Waals surface area contributed by atoms with Crippen molar-refractivity contribution in [3.8, 4) is 0 Å². The van der Waals surface area contributed by atoms with Crippen LogP contribution in [0.1, 0.15) is 12.8 Å². The molecule has 1 fully saturated rings. The topological polar surface area (TPSA) is 15.3 Å². The van der Waals surface area contributed by atoms with E-state index in [4.69, 9.17) is 0 Å². The highest BCUT2D eigenvalue weighted by molar-refractivity contribution is 4.84. The Morgan fingerprint density at radius 3 is 2.67 bits per heavy atom. The number of nitrogens with one attached hydrogen (secondary N) is 1. The third-order valence-electron chi connectivity index (χ3n) is 2.62. The zero-order valence-corrected chi connectivity index (χ0v) is 7.56. The molecule has 4 heteroatoms. The number of likely N-dealkylation sites (tertiary alicyclic amines) is 1. The molecule has 72 valence electrons. The number of alkyl halides is 2. The lowest BCUT2D eigenvalue weighted by molar-refractivity contribution is 0.00984. The van der Waals surface area contributed by atoms with Gasteiger partial charge in [0.15, 0.2) is 0 Å². The van der Waals surface area contributed by atoms with Gasteiger partial charge in [-0.25, -0.2) is 8.78 Å². The molecule has 2 atom stereocenters. The normalized spacial score (nSPS) is 32.8. The first-order valence-corrected chi connectivity index (χ1v) is 4.30. The molecule has 1 heterocycles. The van der Waals surface area contributed by atoms with Crippen molar-refractivity contribution in [2.45, 2.75) is 31.4 Å². The van der Waals surface area contributed by atoms with Gasteiger partial charge in [-0.15, -0.1) is 0 Å². The summed E-state index contributed by atoms with van der Waals surface area (Å²) < 4.78 is 24.8. The van der Waals surface area contributed by atoms with Crippen molar-refractivity contribution in [3.05, 3.63) is 0 Å². The first-order chi connectivity index (χ1) is 5.65. The maximum absolute atomic E-state index is 12.4. The van der Waals surface area contributed by atoms with Crippen molar-refractivity contribution >= 4 is 0 Å². The van der Waals surface area contributed by atoms with Gasteiger partial charge in [0.05, 0.1) is 6.04 Å². The van der Waals surface area contributed by atoms with Crippen LogP contribution in [0.4, 0.5) is 8.78 Å². The van der Waals surface area contributed by atoms with Crippen LogP contribution in [0.2, 0.25) is 0 Å². The molecular formula is C8H16F2N2. The van der Waals surface area contributed by atoms with Gasteiger partial charge in [-0.05, 0) is 33.5 Å². The molecule has 0 aromatic carbocycles. The molecule has 12 heavy (non-hydrogen) atoms. The van der Waals surface area contributed by atoms with Gasteiger partial charge in [0, 0.05) is 6.04 Å². The van der Waals surface area contributed by atoms with Gasteiger partial charge in [-0.1, -0.05) is 0 Å². The minimum atomic E-state index is -2.22. The van der Waals surface area contributed by atoms with E-state index in [0.29, 0.717) is 6.42 Å². The summed E-state index contributed by atoms with van der Waals surface area (Å²) in [6.07, 6.45) is -0.688. The van der Waals surface area contributed by atoms with Gasteiger partial charge < -0.3 is 5.32 Å². The Labute approximate surface area is 71.9 Å². The highest BCUT2D eigenvalue weighted by atomic mass is 19.3. The molecule has 1 saturated heterocycles. The zero-order chi connectivity index (χ0) is 9.14. The highest BCUT2D eigenvalue weighted by Gasteiger charge is 2.31. The van der Waals surface area contributed by atoms with Crippen LogP contribution in [-0.2, 0) is 0 Å². The Morgan fingerprint density at radius 2 is 2.17 bits per heavy atom. The Balaban J connectivity index is 2.47. The zero-order valence-electron chi connectivity index (χ0n) is 7.56. The molecule has 2 unspecified atom stereocenters. The van der Waals surface area contributed by atoms with Crippen LogP contribution >= 0.6 is 0 Å². The Kier molecular flexibility index (Phi) is 3.40. The molecule has 1 rings (SSSR count). The van der Waals surface area contributed by atoms with E-state index >= 15 is 0 Å². The average molecular weight is 178 g/mol. The van der Waals surface area contributed by atoms with Crippen molar-refractivity contribution in [3.63, 3.8) is 0 Å². The van der Waals surface area contributed by atoms with Crippen LogP contribution in [0.25, 0.3) is 0 Å². The Morgan fingerprint density at radius 1 is 1.50 bits per heavy atom. The van der Waals surface area contributed by atoms with E-state index in [0.717, 1.165) is 13.0 Å². The molecule has 0 aromatic heterocycles. The fourth-order valence-corrected chi connectivity index (χ4v) is 1.67. The van der Waals surface area contributed by atoms with Gasteiger partial charge in [-0.3, -0.25) is 4.90 Å². The summed E-state index contributed by atoms with van der Waals surface area (Å²) in [7, 11) is 3.60. The number of piperidine rings is 1. The molecule has 2 nitrogen and oxygen atoms in total. The van der Waals surface area contributed by atoms with Gasteiger partial charge in [0.2, 0.25) is 0 Å². The van der Waals surface area contributed by atoms with Crippen molar-refractivity contribution in [2.24, 2.45) is 0 Å². The second kappa shape index (κ2) is 4.14. The third-order valence-corrected chi connectivity index (χ3v) is 2.62. The van der Waals surface area contributed by atoms with Gasteiger partial charge >= 0.3 is 0 Å². The molecule has 1 aliphatic rings. The third kappa shape index (κ3) is 2.14. The van der Waals surface area contributed by atoms with Crippen LogP contribution in [0.3, 0.4) is 0 Å². The molecule has 0 saturated carbocycles. The fraction of sp³-hybridized carbons (Fsp3) is 1.00. The van der Waals surface area contributed by atoms with Crippen LogP contribution in [0.15, 0.2) is 0 Å². The minimum Gasteiger partial charge on any atom is -0.317 e. The fourth-order valence-electron chi connectivity index (χ4n) is 1.67. The van der Waals surface area contributed by atoms with Crippen LogP contribution in [0, 0.1) is 0 Å². The summed E-state index contributed by atoms with van der Waals surface area (Å²) in [4.78, 5) is 1.75. The Hall–Kier alpha value is -0.220. The Bertz CT molecular complexity index is 141. The molecule has 0 spiro atoms. The maximum atomic E-state index is 12.4. The standard InChI is InChI=1S/C8H16F2N2/c1-11-6-3-4-12(2)7(5-6)8(9)10/h6-8,11H,3-5H2,1-2H3. The van der Waals surface area contributed by atoms with E-state index in [1.54, 1.807) is 11.9 Å². The summed E-state index contributed by atoms with van der Waals surface area (Å²) in [6.45, 7) is 0.764. The maximum Gasteiger partial charge on any atom is 0.253 e. The molecule has 1 aliphatic heterocycles. The SMILES string of the molecule is CNC1CCN(C)C(C(F)F)C1. The molecule has 0 radical (unpaired) electrons. The first kappa shape index (κ1) is 9.86. The van der Waals surface area contributed by atoms with Crippen molar-refractivity contribution in [2.75, 3.05) is 20.6 Å². The molecule has 0 aliphatic carbocycles. The number of rotatable bonds is 2. The quantitative estimate of drug-likeness (QED) is 0.676. The average Bonchev–Trinajstić information content (AvgIpc) is 2.05. The van der Waals surface area contributed by atoms with Gasteiger partial charge in [-0.2, -0.15) is 0 Å². The summed E-state index contributed by atoms with van der Waals surface area (Å²) in [6, 6.07) is -0.295. The van der Waals surface area contributed by atoms with Gasteiger partial charge in [0.25, 0.3) is 6.43 Å². The second-order valence-corrected chi connectivity index (χ2v) is 3.39. The van der Waals surface area contributed by atoms with Crippen molar-refractivity contribution in [1.82, 2.24) is 10.2 Å². The van der Waals surface area contributed by atoms with E-state index in [-0.39, 0.29) is 6.04 Å². The summed E-state index contributed by atoms with van der Waals surface area (Å²) in [5, 5.41) is 3.05. The predicted molar refractivity (Wildman–Crippen MR) is 44.5 cm³/mol. The van der Waals surface area contributed by atoms with E-state index in [1.807, 2.05) is 7.05 Å². The number of hydrogen-bond acceptors (Lipinski definition) is 2. The summed E-state index contributed by atoms with van der Waals surface area (Å²) in [5.41, 5.74) is 0. The lowest BCUT2D eigenvalue weighted by Crippen LogP contribution is -2.49. The number of nitrogens with zero attached hydrogens (tertiary/aromatic N) is 1. The largest absolute Gasteiger partial charge is 0.317 e.